The van der Waals surface area contributed by atoms with E-state index in [1.807, 2.05) is 18.2 Å². The van der Waals surface area contributed by atoms with E-state index < -0.39 is 17.5 Å². The summed E-state index contributed by atoms with van der Waals surface area (Å²) in [6.07, 6.45) is 1.77. The molecular weight excluding hydrogens is 431 g/mol. The van der Waals surface area contributed by atoms with Gasteiger partial charge < -0.3 is 19.5 Å². The molecule has 4 nitrogen and oxygen atoms in total. The fourth-order valence-electron chi connectivity index (χ4n) is 6.48. The molecule has 2 aromatic rings. The van der Waals surface area contributed by atoms with Gasteiger partial charge in [-0.2, -0.15) is 0 Å². The minimum absolute atomic E-state index is 0.126. The second-order valence-corrected chi connectivity index (χ2v) is 9.85. The van der Waals surface area contributed by atoms with Gasteiger partial charge in [0.2, 0.25) is 0 Å². The van der Waals surface area contributed by atoms with Gasteiger partial charge in [0.05, 0.1) is 17.2 Å². The molecule has 33 heavy (non-hydrogen) atoms. The molecule has 3 saturated heterocycles. The first-order valence-electron chi connectivity index (χ1n) is 11.9. The molecule has 0 radical (unpaired) electrons. The van der Waals surface area contributed by atoms with E-state index >= 15 is 0 Å². The summed E-state index contributed by atoms with van der Waals surface area (Å²) in [5.74, 6) is 0.579. The third-order valence-corrected chi connectivity index (χ3v) is 7.84. The first-order valence-corrected chi connectivity index (χ1v) is 11.9. The summed E-state index contributed by atoms with van der Waals surface area (Å²) < 4.78 is 56.6. The monoisotopic (exact) mass is 459 g/mol. The molecule has 2 bridgehead atoms. The van der Waals surface area contributed by atoms with Crippen LogP contribution in [-0.2, 0) is 10.3 Å². The van der Waals surface area contributed by atoms with E-state index in [1.165, 1.54) is 17.7 Å². The SMILES string of the molecule is FC(F)(F)Oc1ccc(OC2CC2)c(C23CCC(CC(c4ccccc4)C24CCCO4)N3)c1. The number of ether oxygens (including phenoxy) is 3. The summed E-state index contributed by atoms with van der Waals surface area (Å²) in [6, 6.07) is 15.2. The quantitative estimate of drug-likeness (QED) is 0.613. The highest BCUT2D eigenvalue weighted by Gasteiger charge is 2.66. The van der Waals surface area contributed by atoms with Gasteiger partial charge in [0.25, 0.3) is 0 Å². The highest BCUT2D eigenvalue weighted by molar-refractivity contribution is 5.50. The van der Waals surface area contributed by atoms with E-state index in [0.29, 0.717) is 12.4 Å². The van der Waals surface area contributed by atoms with Crippen molar-refractivity contribution in [1.82, 2.24) is 5.32 Å². The van der Waals surface area contributed by atoms with E-state index in [1.54, 1.807) is 6.07 Å². The smallest absolute Gasteiger partial charge is 0.490 e. The molecule has 1 spiro atoms. The molecule has 1 saturated carbocycles. The minimum atomic E-state index is -4.75. The van der Waals surface area contributed by atoms with Crippen LogP contribution in [0.4, 0.5) is 13.2 Å². The van der Waals surface area contributed by atoms with Crippen LogP contribution >= 0.6 is 0 Å². The number of benzene rings is 2. The molecule has 4 atom stereocenters. The molecule has 3 aliphatic heterocycles. The van der Waals surface area contributed by atoms with Crippen molar-refractivity contribution in [3.63, 3.8) is 0 Å². The van der Waals surface area contributed by atoms with Gasteiger partial charge in [-0.3, -0.25) is 0 Å². The van der Waals surface area contributed by atoms with E-state index in [9.17, 15) is 13.2 Å². The number of hydrogen-bond donors (Lipinski definition) is 1. The average molecular weight is 460 g/mol. The highest BCUT2D eigenvalue weighted by atomic mass is 19.4. The zero-order valence-corrected chi connectivity index (χ0v) is 18.4. The maximum Gasteiger partial charge on any atom is 0.573 e. The van der Waals surface area contributed by atoms with Crippen molar-refractivity contribution in [1.29, 1.82) is 0 Å². The largest absolute Gasteiger partial charge is 0.573 e. The topological polar surface area (TPSA) is 39.7 Å². The Morgan fingerprint density at radius 1 is 1.00 bits per heavy atom. The Kier molecular flexibility index (Phi) is 4.93. The van der Waals surface area contributed by atoms with Crippen molar-refractivity contribution in [3.05, 3.63) is 59.7 Å². The normalized spacial score (nSPS) is 33.4. The van der Waals surface area contributed by atoms with Gasteiger partial charge in [-0.15, -0.1) is 13.2 Å². The Balaban J connectivity index is 1.51. The number of alkyl halides is 3. The predicted molar refractivity (Wildman–Crippen MR) is 116 cm³/mol. The summed E-state index contributed by atoms with van der Waals surface area (Å²) >= 11 is 0. The summed E-state index contributed by atoms with van der Waals surface area (Å²) in [7, 11) is 0. The predicted octanol–water partition coefficient (Wildman–Crippen LogP) is 5.81. The molecule has 7 heteroatoms. The Labute approximate surface area is 191 Å². The van der Waals surface area contributed by atoms with Crippen LogP contribution in [0, 0.1) is 0 Å². The zero-order valence-electron chi connectivity index (χ0n) is 18.4. The lowest BCUT2D eigenvalue weighted by atomic mass is 9.62. The van der Waals surface area contributed by atoms with Gasteiger partial charge in [0.1, 0.15) is 11.5 Å². The third kappa shape index (κ3) is 3.60. The number of hydrogen-bond acceptors (Lipinski definition) is 4. The van der Waals surface area contributed by atoms with Crippen LogP contribution in [0.25, 0.3) is 0 Å². The zero-order chi connectivity index (χ0) is 22.7. The maximum absolute atomic E-state index is 13.1. The molecule has 176 valence electrons. The molecule has 4 unspecified atom stereocenters. The Bertz CT molecular complexity index is 1020. The van der Waals surface area contributed by atoms with Crippen molar-refractivity contribution in [2.24, 2.45) is 0 Å². The van der Waals surface area contributed by atoms with Crippen LogP contribution in [0.5, 0.6) is 11.5 Å². The third-order valence-electron chi connectivity index (χ3n) is 7.84. The van der Waals surface area contributed by atoms with Crippen LogP contribution in [-0.4, -0.2) is 30.7 Å². The number of halogens is 3. The lowest BCUT2D eigenvalue weighted by Gasteiger charge is -2.54. The fraction of sp³-hybridized carbons (Fsp3) is 0.538. The molecule has 4 aliphatic rings. The van der Waals surface area contributed by atoms with Crippen molar-refractivity contribution in [2.75, 3.05) is 6.61 Å². The summed E-state index contributed by atoms with van der Waals surface area (Å²) in [4.78, 5) is 0. The van der Waals surface area contributed by atoms with Crippen molar-refractivity contribution < 1.29 is 27.4 Å². The van der Waals surface area contributed by atoms with Crippen LogP contribution in [0.2, 0.25) is 0 Å². The van der Waals surface area contributed by atoms with Gasteiger partial charge in [0.15, 0.2) is 0 Å². The van der Waals surface area contributed by atoms with Gasteiger partial charge in [-0.05, 0) is 68.7 Å². The van der Waals surface area contributed by atoms with Crippen LogP contribution in [0.3, 0.4) is 0 Å². The van der Waals surface area contributed by atoms with Gasteiger partial charge in [-0.1, -0.05) is 30.3 Å². The van der Waals surface area contributed by atoms with Crippen LogP contribution in [0.15, 0.2) is 48.5 Å². The molecule has 6 rings (SSSR count). The molecule has 2 aromatic carbocycles. The number of piperidine rings is 1. The average Bonchev–Trinajstić information content (AvgIpc) is 3.32. The first-order chi connectivity index (χ1) is 15.9. The lowest BCUT2D eigenvalue weighted by molar-refractivity contribution is -0.274. The van der Waals surface area contributed by atoms with Gasteiger partial charge in [-0.25, -0.2) is 0 Å². The standard InChI is InChI=1S/C26H28F3NO3/c27-26(28,29)33-20-9-10-23(32-19-7-8-19)22(16-20)24-13-11-18(30-24)15-21(17-5-2-1-3-6-17)25(24)12-4-14-31-25/h1-3,5-6,9-10,16,18-19,21,30H,4,7-8,11-15H2. The molecule has 1 N–H and O–H groups in total. The Morgan fingerprint density at radius 2 is 1.82 bits per heavy atom. The summed E-state index contributed by atoms with van der Waals surface area (Å²) in [5, 5.41) is 3.83. The molecule has 1 aliphatic carbocycles. The van der Waals surface area contributed by atoms with Crippen molar-refractivity contribution in [3.8, 4) is 11.5 Å². The van der Waals surface area contributed by atoms with Gasteiger partial charge >= 0.3 is 6.36 Å². The molecule has 3 heterocycles. The Morgan fingerprint density at radius 3 is 2.52 bits per heavy atom. The molecular formula is C26H28F3NO3. The summed E-state index contributed by atoms with van der Waals surface area (Å²) in [6.45, 7) is 0.648. The molecule has 0 aromatic heterocycles. The van der Waals surface area contributed by atoms with Gasteiger partial charge in [0, 0.05) is 24.1 Å². The number of nitrogens with one attached hydrogen (secondary N) is 1. The lowest BCUT2D eigenvalue weighted by Crippen LogP contribution is -2.65. The van der Waals surface area contributed by atoms with E-state index in [-0.39, 0.29) is 23.8 Å². The van der Waals surface area contributed by atoms with Crippen LogP contribution < -0.4 is 14.8 Å². The highest BCUT2D eigenvalue weighted by Crippen LogP contribution is 2.62. The first kappa shape index (κ1) is 21.3. The van der Waals surface area contributed by atoms with Crippen molar-refractivity contribution >= 4 is 0 Å². The molecule has 4 fully saturated rings. The van der Waals surface area contributed by atoms with Crippen molar-refractivity contribution in [2.45, 2.75) is 80.5 Å². The van der Waals surface area contributed by atoms with E-state index in [0.717, 1.165) is 50.5 Å². The molecule has 0 amide bonds. The second-order valence-electron chi connectivity index (χ2n) is 9.85. The fourth-order valence-corrected chi connectivity index (χ4v) is 6.48. The van der Waals surface area contributed by atoms with E-state index in [2.05, 4.69) is 22.2 Å². The summed E-state index contributed by atoms with van der Waals surface area (Å²) in [5.41, 5.74) is 0.771. The number of fused-ring (bicyclic) bond motifs is 3. The Hall–Kier alpha value is -2.25. The maximum atomic E-state index is 13.1. The minimum Gasteiger partial charge on any atom is -0.490 e. The van der Waals surface area contributed by atoms with E-state index in [4.69, 9.17) is 9.47 Å². The number of rotatable bonds is 5. The second kappa shape index (κ2) is 7.64. The van der Waals surface area contributed by atoms with Crippen LogP contribution in [0.1, 0.15) is 62.0 Å².